The molecule has 0 spiro atoms. The van der Waals surface area contributed by atoms with E-state index in [9.17, 15) is 5.11 Å². The fourth-order valence-electron chi connectivity index (χ4n) is 1.23. The lowest BCUT2D eigenvalue weighted by molar-refractivity contribution is 0.000409. The van der Waals surface area contributed by atoms with Gasteiger partial charge in [0.2, 0.25) is 0 Å². The molecule has 1 N–H and O–H groups in total. The van der Waals surface area contributed by atoms with Crippen molar-refractivity contribution in [1.29, 1.82) is 0 Å². The first-order valence-corrected chi connectivity index (χ1v) is 5.45. The second kappa shape index (κ2) is 5.71. The van der Waals surface area contributed by atoms with Gasteiger partial charge in [0.25, 0.3) is 0 Å². The topological polar surface area (TPSA) is 29.5 Å². The Morgan fingerprint density at radius 1 is 1.33 bits per heavy atom. The van der Waals surface area contributed by atoms with Gasteiger partial charge >= 0.3 is 0 Å². The molecule has 0 saturated heterocycles. The van der Waals surface area contributed by atoms with Crippen molar-refractivity contribution in [1.82, 2.24) is 0 Å². The normalized spacial score (nSPS) is 15.0. The van der Waals surface area contributed by atoms with Gasteiger partial charge in [0.05, 0.1) is 22.3 Å². The molecule has 1 aromatic carbocycles. The van der Waals surface area contributed by atoms with E-state index in [0.717, 1.165) is 5.56 Å². The van der Waals surface area contributed by atoms with Crippen LogP contribution in [0.15, 0.2) is 18.2 Å². The molecule has 2 nitrogen and oxygen atoms in total. The Labute approximate surface area is 99.8 Å². The molecule has 0 aliphatic rings. The number of benzene rings is 1. The van der Waals surface area contributed by atoms with E-state index in [0.29, 0.717) is 16.5 Å². The standard InChI is InChI=1S/C11H14Cl2O2/c1-7(15-2)11(14)6-8-3-4-9(12)10(13)5-8/h3-5,7,11,14H,6H2,1-2H3. The van der Waals surface area contributed by atoms with E-state index in [1.165, 1.54) is 0 Å². The van der Waals surface area contributed by atoms with Crippen LogP contribution in [0.5, 0.6) is 0 Å². The van der Waals surface area contributed by atoms with Gasteiger partial charge in [-0.2, -0.15) is 0 Å². The van der Waals surface area contributed by atoms with Crippen molar-refractivity contribution >= 4 is 23.2 Å². The number of hydrogen-bond donors (Lipinski definition) is 1. The van der Waals surface area contributed by atoms with Crippen LogP contribution in [0.25, 0.3) is 0 Å². The summed E-state index contributed by atoms with van der Waals surface area (Å²) in [5.74, 6) is 0. The van der Waals surface area contributed by atoms with E-state index in [1.54, 1.807) is 19.2 Å². The lowest BCUT2D eigenvalue weighted by atomic mass is 10.0. The monoisotopic (exact) mass is 248 g/mol. The fraction of sp³-hybridized carbons (Fsp3) is 0.455. The molecule has 0 aliphatic heterocycles. The molecule has 2 atom stereocenters. The van der Waals surface area contributed by atoms with Crippen LogP contribution in [0.4, 0.5) is 0 Å². The van der Waals surface area contributed by atoms with Gasteiger partial charge in [0.1, 0.15) is 0 Å². The van der Waals surface area contributed by atoms with Crippen molar-refractivity contribution in [3.8, 4) is 0 Å². The number of rotatable bonds is 4. The van der Waals surface area contributed by atoms with E-state index in [1.807, 2.05) is 13.0 Å². The van der Waals surface area contributed by atoms with E-state index in [2.05, 4.69) is 0 Å². The summed E-state index contributed by atoms with van der Waals surface area (Å²) in [7, 11) is 1.57. The molecule has 2 unspecified atom stereocenters. The van der Waals surface area contributed by atoms with Gasteiger partial charge < -0.3 is 9.84 Å². The van der Waals surface area contributed by atoms with Gasteiger partial charge in [-0.25, -0.2) is 0 Å². The molecule has 0 aliphatic carbocycles. The number of aliphatic hydroxyl groups excluding tert-OH is 1. The molecule has 0 saturated carbocycles. The molecule has 0 aromatic heterocycles. The number of hydrogen-bond acceptors (Lipinski definition) is 2. The minimum Gasteiger partial charge on any atom is -0.390 e. The third-order valence-corrected chi connectivity index (χ3v) is 3.08. The summed E-state index contributed by atoms with van der Waals surface area (Å²) in [5.41, 5.74) is 0.945. The summed E-state index contributed by atoms with van der Waals surface area (Å²) >= 11 is 11.7. The predicted molar refractivity (Wildman–Crippen MR) is 62.6 cm³/mol. The molecule has 0 radical (unpaired) electrons. The van der Waals surface area contributed by atoms with Crippen LogP contribution >= 0.6 is 23.2 Å². The van der Waals surface area contributed by atoms with E-state index >= 15 is 0 Å². The molecule has 84 valence electrons. The Balaban J connectivity index is 2.68. The van der Waals surface area contributed by atoms with E-state index in [4.69, 9.17) is 27.9 Å². The zero-order valence-electron chi connectivity index (χ0n) is 8.71. The Kier molecular flexibility index (Phi) is 4.87. The second-order valence-corrected chi connectivity index (χ2v) is 4.28. The summed E-state index contributed by atoms with van der Waals surface area (Å²) in [4.78, 5) is 0. The van der Waals surface area contributed by atoms with Gasteiger partial charge in [-0.15, -0.1) is 0 Å². The highest BCUT2D eigenvalue weighted by molar-refractivity contribution is 6.42. The fourth-order valence-corrected chi connectivity index (χ4v) is 1.55. The molecule has 0 amide bonds. The Hall–Kier alpha value is -0.280. The minimum absolute atomic E-state index is 0.195. The predicted octanol–water partition coefficient (Wildman–Crippen LogP) is 2.93. The van der Waals surface area contributed by atoms with Gasteiger partial charge in [-0.3, -0.25) is 0 Å². The third kappa shape index (κ3) is 3.65. The molecule has 1 rings (SSSR count). The third-order valence-electron chi connectivity index (χ3n) is 2.34. The highest BCUT2D eigenvalue weighted by atomic mass is 35.5. The van der Waals surface area contributed by atoms with Crippen molar-refractivity contribution in [2.75, 3.05) is 7.11 Å². The zero-order chi connectivity index (χ0) is 11.4. The van der Waals surface area contributed by atoms with E-state index < -0.39 is 6.10 Å². The first-order valence-electron chi connectivity index (χ1n) is 4.69. The van der Waals surface area contributed by atoms with Crippen molar-refractivity contribution in [2.24, 2.45) is 0 Å². The molecular weight excluding hydrogens is 235 g/mol. The second-order valence-electron chi connectivity index (χ2n) is 3.46. The molecule has 1 aromatic rings. The maximum absolute atomic E-state index is 9.73. The summed E-state index contributed by atoms with van der Waals surface area (Å²) in [6.07, 6.45) is -0.224. The highest BCUT2D eigenvalue weighted by Gasteiger charge is 2.14. The van der Waals surface area contributed by atoms with Crippen molar-refractivity contribution in [3.05, 3.63) is 33.8 Å². The first kappa shape index (κ1) is 12.8. The molecule has 4 heteroatoms. The molecule has 0 heterocycles. The molecule has 0 bridgehead atoms. The molecule has 0 fully saturated rings. The number of methoxy groups -OCH3 is 1. The maximum Gasteiger partial charge on any atom is 0.0839 e. The SMILES string of the molecule is COC(C)C(O)Cc1ccc(Cl)c(Cl)c1. The summed E-state index contributed by atoms with van der Waals surface area (Å²) in [6, 6.07) is 5.33. The van der Waals surface area contributed by atoms with Crippen molar-refractivity contribution in [2.45, 2.75) is 25.6 Å². The molecular formula is C11H14Cl2O2. The van der Waals surface area contributed by atoms with Crippen LogP contribution in [0.1, 0.15) is 12.5 Å². The summed E-state index contributed by atoms with van der Waals surface area (Å²) in [5, 5.41) is 10.8. The lowest BCUT2D eigenvalue weighted by Crippen LogP contribution is -2.26. The summed E-state index contributed by atoms with van der Waals surface area (Å²) in [6.45, 7) is 1.82. The van der Waals surface area contributed by atoms with Crippen LogP contribution < -0.4 is 0 Å². The number of ether oxygens (including phenoxy) is 1. The smallest absolute Gasteiger partial charge is 0.0839 e. The Morgan fingerprint density at radius 2 is 2.00 bits per heavy atom. The van der Waals surface area contributed by atoms with Crippen LogP contribution in [0.2, 0.25) is 10.0 Å². The van der Waals surface area contributed by atoms with Gasteiger partial charge in [0.15, 0.2) is 0 Å². The molecule has 15 heavy (non-hydrogen) atoms. The lowest BCUT2D eigenvalue weighted by Gasteiger charge is -2.17. The van der Waals surface area contributed by atoms with Crippen LogP contribution in [-0.2, 0) is 11.2 Å². The van der Waals surface area contributed by atoms with Gasteiger partial charge in [-0.1, -0.05) is 29.3 Å². The van der Waals surface area contributed by atoms with Crippen LogP contribution in [0.3, 0.4) is 0 Å². The highest BCUT2D eigenvalue weighted by Crippen LogP contribution is 2.23. The Morgan fingerprint density at radius 3 is 2.53 bits per heavy atom. The van der Waals surface area contributed by atoms with Crippen LogP contribution in [0, 0.1) is 0 Å². The van der Waals surface area contributed by atoms with Crippen molar-refractivity contribution < 1.29 is 9.84 Å². The zero-order valence-corrected chi connectivity index (χ0v) is 10.2. The first-order chi connectivity index (χ1) is 7.04. The minimum atomic E-state index is -0.535. The van der Waals surface area contributed by atoms with Gasteiger partial charge in [-0.05, 0) is 24.6 Å². The average Bonchev–Trinajstić information content (AvgIpc) is 2.22. The van der Waals surface area contributed by atoms with Gasteiger partial charge in [0, 0.05) is 13.5 Å². The largest absolute Gasteiger partial charge is 0.390 e. The van der Waals surface area contributed by atoms with Crippen LogP contribution in [-0.4, -0.2) is 24.4 Å². The average molecular weight is 249 g/mol. The summed E-state index contributed by atoms with van der Waals surface area (Å²) < 4.78 is 5.03. The van der Waals surface area contributed by atoms with E-state index in [-0.39, 0.29) is 6.10 Å². The maximum atomic E-state index is 9.73. The Bertz CT molecular complexity index is 328. The van der Waals surface area contributed by atoms with Crippen molar-refractivity contribution in [3.63, 3.8) is 0 Å². The quantitative estimate of drug-likeness (QED) is 0.888. The number of halogens is 2. The number of aliphatic hydroxyl groups is 1.